The van der Waals surface area contributed by atoms with Crippen molar-refractivity contribution in [3.05, 3.63) is 54.5 Å². The molecule has 2 aromatic carbocycles. The smallest absolute Gasteiger partial charge is 0.298 e. The number of aliphatic hydroxyl groups excluding tert-OH is 1. The van der Waals surface area contributed by atoms with Gasteiger partial charge in [0.1, 0.15) is 17.4 Å². The number of amides is 2. The third-order valence-electron chi connectivity index (χ3n) is 8.63. The van der Waals surface area contributed by atoms with E-state index >= 15 is 0 Å². The first-order chi connectivity index (χ1) is 18.8. The van der Waals surface area contributed by atoms with E-state index in [1.165, 1.54) is 11.2 Å². The molecule has 5 atom stereocenters. The number of nitriles is 1. The van der Waals surface area contributed by atoms with Gasteiger partial charge in [-0.1, -0.05) is 24.3 Å². The maximum absolute atomic E-state index is 14.1. The number of imidazole rings is 1. The lowest BCUT2D eigenvalue weighted by Crippen LogP contribution is -2.49. The van der Waals surface area contributed by atoms with E-state index < -0.39 is 35.0 Å². The van der Waals surface area contributed by atoms with E-state index in [2.05, 4.69) is 21.0 Å². The van der Waals surface area contributed by atoms with Crippen LogP contribution in [0.3, 0.4) is 0 Å². The summed E-state index contributed by atoms with van der Waals surface area (Å²) in [7, 11) is 1.79. The summed E-state index contributed by atoms with van der Waals surface area (Å²) in [6.45, 7) is 1.86. The molecule has 1 N–H and O–H groups in total. The normalized spacial score (nSPS) is 29.4. The highest BCUT2D eigenvalue weighted by molar-refractivity contribution is 6.26. The summed E-state index contributed by atoms with van der Waals surface area (Å²) in [6.07, 6.45) is 2.60. The number of hydrogen-bond acceptors (Lipinski definition) is 9. The Morgan fingerprint density at radius 2 is 1.95 bits per heavy atom. The molecule has 3 fully saturated rings. The minimum atomic E-state index is -1.21. The summed E-state index contributed by atoms with van der Waals surface area (Å²) in [6, 6.07) is 13.0. The fourth-order valence-electron chi connectivity index (χ4n) is 6.80. The van der Waals surface area contributed by atoms with Crippen molar-refractivity contribution in [2.45, 2.75) is 37.1 Å². The quantitative estimate of drug-likeness (QED) is 0.389. The number of carbonyl (C=O) groups is 2. The lowest BCUT2D eigenvalue weighted by molar-refractivity contribution is -0.134. The zero-order valence-electron chi connectivity index (χ0n) is 21.2. The van der Waals surface area contributed by atoms with Crippen LogP contribution in [0.5, 0.6) is 6.01 Å². The zero-order chi connectivity index (χ0) is 27.1. The van der Waals surface area contributed by atoms with Crippen molar-refractivity contribution >= 4 is 39.4 Å². The molecular formula is C28H24N6O5. The highest BCUT2D eigenvalue weighted by Gasteiger charge is 2.77. The SMILES string of the molecule is Cn1c(OCC[C@]23C[C@H](O)[C@](C)(O2)[C@@H]2C(=O)N(c4ccc(C#N)c5ccccc45)C(=O)[C@@H]23)nc2cncnc21. The van der Waals surface area contributed by atoms with Crippen molar-refractivity contribution in [3.8, 4) is 12.1 Å². The molecule has 2 aromatic heterocycles. The first-order valence-corrected chi connectivity index (χ1v) is 12.7. The van der Waals surface area contributed by atoms with E-state index in [0.717, 1.165) is 0 Å². The molecule has 2 amide bonds. The Bertz CT molecular complexity index is 1750. The van der Waals surface area contributed by atoms with Gasteiger partial charge in [0, 0.05) is 30.7 Å². The lowest BCUT2D eigenvalue weighted by atomic mass is 9.66. The van der Waals surface area contributed by atoms with Gasteiger partial charge < -0.3 is 14.6 Å². The van der Waals surface area contributed by atoms with Crippen LogP contribution in [0.2, 0.25) is 0 Å². The average molecular weight is 525 g/mol. The Morgan fingerprint density at radius 1 is 1.18 bits per heavy atom. The van der Waals surface area contributed by atoms with Crippen LogP contribution >= 0.6 is 0 Å². The number of aliphatic hydroxyl groups is 1. The third kappa shape index (κ3) is 3.07. The number of hydrogen-bond donors (Lipinski definition) is 1. The molecule has 4 aromatic rings. The van der Waals surface area contributed by atoms with Crippen molar-refractivity contribution in [1.82, 2.24) is 19.5 Å². The Balaban J connectivity index is 1.23. The van der Waals surface area contributed by atoms with Crippen LogP contribution in [0.4, 0.5) is 5.69 Å². The van der Waals surface area contributed by atoms with E-state index in [4.69, 9.17) is 9.47 Å². The summed E-state index contributed by atoms with van der Waals surface area (Å²) < 4.78 is 14.1. The van der Waals surface area contributed by atoms with Crippen molar-refractivity contribution < 1.29 is 24.2 Å². The van der Waals surface area contributed by atoms with Crippen molar-refractivity contribution in [1.29, 1.82) is 5.26 Å². The molecule has 0 saturated carbocycles. The minimum absolute atomic E-state index is 0.151. The monoisotopic (exact) mass is 524 g/mol. The van der Waals surface area contributed by atoms with Gasteiger partial charge in [-0.15, -0.1) is 0 Å². The summed E-state index contributed by atoms with van der Waals surface area (Å²) in [5.41, 5.74) is -0.174. The van der Waals surface area contributed by atoms with Gasteiger partial charge in [0.05, 0.1) is 53.7 Å². The first kappa shape index (κ1) is 23.7. The number of benzene rings is 2. The number of carbonyl (C=O) groups excluding carboxylic acids is 2. The van der Waals surface area contributed by atoms with Crippen LogP contribution in [0.15, 0.2) is 48.9 Å². The highest BCUT2D eigenvalue weighted by Crippen LogP contribution is 2.62. The van der Waals surface area contributed by atoms with E-state index in [1.54, 1.807) is 49.0 Å². The number of aromatic nitrogens is 4. The van der Waals surface area contributed by atoms with Gasteiger partial charge in [0.25, 0.3) is 6.01 Å². The summed E-state index contributed by atoms with van der Waals surface area (Å²) >= 11 is 0. The average Bonchev–Trinajstić information content (AvgIpc) is 3.58. The predicted molar refractivity (Wildman–Crippen MR) is 137 cm³/mol. The fourth-order valence-corrected chi connectivity index (χ4v) is 6.80. The molecule has 0 spiro atoms. The number of rotatable bonds is 5. The fraction of sp³-hybridized carbons (Fsp3) is 0.357. The van der Waals surface area contributed by atoms with Crippen LogP contribution in [0, 0.1) is 23.2 Å². The summed E-state index contributed by atoms with van der Waals surface area (Å²) in [5.74, 6) is -2.39. The second kappa shape index (κ2) is 8.05. The predicted octanol–water partition coefficient (Wildman–Crippen LogP) is 2.26. The Labute approximate surface area is 222 Å². The number of ether oxygens (including phenoxy) is 2. The molecule has 3 aliphatic rings. The molecule has 0 unspecified atom stereocenters. The van der Waals surface area contributed by atoms with Crippen molar-refractivity contribution in [2.75, 3.05) is 11.5 Å². The third-order valence-corrected chi connectivity index (χ3v) is 8.63. The van der Waals surface area contributed by atoms with Gasteiger partial charge in [-0.3, -0.25) is 14.2 Å². The van der Waals surface area contributed by atoms with Gasteiger partial charge in [0.15, 0.2) is 5.65 Å². The van der Waals surface area contributed by atoms with Crippen molar-refractivity contribution in [3.63, 3.8) is 0 Å². The van der Waals surface area contributed by atoms with Gasteiger partial charge >= 0.3 is 0 Å². The van der Waals surface area contributed by atoms with E-state index in [1.807, 2.05) is 12.1 Å². The Kier molecular flexibility index (Phi) is 4.89. The van der Waals surface area contributed by atoms with Gasteiger partial charge in [-0.2, -0.15) is 10.2 Å². The molecule has 11 nitrogen and oxygen atoms in total. The second-order valence-electron chi connectivity index (χ2n) is 10.6. The van der Waals surface area contributed by atoms with Crippen LogP contribution in [-0.4, -0.2) is 60.4 Å². The number of anilines is 1. The molecule has 0 radical (unpaired) electrons. The Hall–Kier alpha value is -4.40. The molecule has 2 bridgehead atoms. The van der Waals surface area contributed by atoms with Crippen LogP contribution in [-0.2, 0) is 21.4 Å². The zero-order valence-corrected chi connectivity index (χ0v) is 21.2. The van der Waals surface area contributed by atoms with Crippen LogP contribution < -0.4 is 9.64 Å². The molecule has 3 aliphatic heterocycles. The van der Waals surface area contributed by atoms with E-state index in [-0.39, 0.29) is 25.4 Å². The number of fused-ring (bicyclic) bond motifs is 7. The number of nitrogens with zero attached hydrogens (tertiary/aromatic N) is 6. The molecule has 196 valence electrons. The Morgan fingerprint density at radius 3 is 2.72 bits per heavy atom. The largest absolute Gasteiger partial charge is 0.465 e. The van der Waals surface area contributed by atoms with Gasteiger partial charge in [-0.05, 0) is 19.1 Å². The van der Waals surface area contributed by atoms with Crippen LogP contribution in [0.1, 0.15) is 25.3 Å². The second-order valence-corrected chi connectivity index (χ2v) is 10.6. The molecule has 7 rings (SSSR count). The summed E-state index contributed by atoms with van der Waals surface area (Å²) in [5, 5.41) is 21.9. The molecule has 0 aliphatic carbocycles. The topological polar surface area (TPSA) is 143 Å². The van der Waals surface area contributed by atoms with Crippen molar-refractivity contribution in [2.24, 2.45) is 18.9 Å². The molecule has 3 saturated heterocycles. The lowest BCUT2D eigenvalue weighted by Gasteiger charge is -2.33. The molecule has 39 heavy (non-hydrogen) atoms. The molecular weight excluding hydrogens is 500 g/mol. The maximum atomic E-state index is 14.1. The highest BCUT2D eigenvalue weighted by atomic mass is 16.6. The maximum Gasteiger partial charge on any atom is 0.298 e. The molecule has 11 heteroatoms. The molecule has 5 heterocycles. The van der Waals surface area contributed by atoms with Gasteiger partial charge in [-0.25, -0.2) is 14.9 Å². The van der Waals surface area contributed by atoms with E-state index in [0.29, 0.717) is 39.2 Å². The number of aryl methyl sites for hydroxylation is 1. The number of imide groups is 1. The van der Waals surface area contributed by atoms with Crippen LogP contribution in [0.25, 0.3) is 21.9 Å². The van der Waals surface area contributed by atoms with Gasteiger partial charge in [0.2, 0.25) is 11.8 Å². The standard InChI is InChI=1S/C28H24N6O5/c1-27-20(35)11-28(39-27,9-10-38-26-32-18-13-30-14-31-23(18)33(26)2)22-21(27)24(36)34(25(22)37)19-8-7-15(12-29)16-5-3-4-6-17(16)19/h3-8,13-14,20-22,35H,9-11H2,1-2H3/t20-,21-,22+,27-,28+/m0/s1. The van der Waals surface area contributed by atoms with E-state index in [9.17, 15) is 20.0 Å². The first-order valence-electron chi connectivity index (χ1n) is 12.7. The minimum Gasteiger partial charge on any atom is -0.465 e. The summed E-state index contributed by atoms with van der Waals surface area (Å²) in [4.78, 5) is 41.8.